The Labute approximate surface area is 119 Å². The van der Waals surface area contributed by atoms with Crippen LogP contribution >= 0.6 is 15.9 Å². The lowest BCUT2D eigenvalue weighted by Crippen LogP contribution is -2.14. The number of aromatic nitrogens is 2. The second-order valence-corrected chi connectivity index (χ2v) is 4.79. The monoisotopic (exact) mass is 323 g/mol. The molecule has 1 aromatic carbocycles. The van der Waals surface area contributed by atoms with Crippen LogP contribution in [0, 0.1) is 0 Å². The summed E-state index contributed by atoms with van der Waals surface area (Å²) >= 11 is 3.40. The van der Waals surface area contributed by atoms with E-state index < -0.39 is 5.97 Å². The van der Waals surface area contributed by atoms with Crippen molar-refractivity contribution < 1.29 is 9.53 Å². The Bertz CT molecular complexity index is 595. The van der Waals surface area contributed by atoms with E-state index in [1.54, 1.807) is 0 Å². The van der Waals surface area contributed by atoms with Crippen molar-refractivity contribution in [3.8, 4) is 0 Å². The van der Waals surface area contributed by atoms with Gasteiger partial charge in [0.15, 0.2) is 5.69 Å². The number of benzene rings is 1. The molecule has 0 radical (unpaired) electrons. The third-order valence-electron chi connectivity index (χ3n) is 2.68. The minimum atomic E-state index is -0.465. The highest BCUT2D eigenvalue weighted by atomic mass is 79.9. The second-order valence-electron chi connectivity index (χ2n) is 3.93. The van der Waals surface area contributed by atoms with Crippen LogP contribution in [-0.4, -0.2) is 15.7 Å². The van der Waals surface area contributed by atoms with Gasteiger partial charge >= 0.3 is 5.97 Å². The first-order chi connectivity index (χ1) is 9.13. The minimum absolute atomic E-state index is 0.189. The van der Waals surface area contributed by atoms with E-state index in [1.807, 2.05) is 31.2 Å². The van der Waals surface area contributed by atoms with E-state index in [4.69, 9.17) is 10.5 Å². The van der Waals surface area contributed by atoms with Crippen molar-refractivity contribution in [2.24, 2.45) is 0 Å². The van der Waals surface area contributed by atoms with Crippen molar-refractivity contribution in [3.05, 3.63) is 46.2 Å². The SMILES string of the molecule is CCn1ncc(N)c1C(=O)OCc1ccccc1Br. The van der Waals surface area contributed by atoms with Crippen molar-refractivity contribution in [2.75, 3.05) is 5.73 Å². The lowest BCUT2D eigenvalue weighted by Gasteiger charge is -2.08. The highest BCUT2D eigenvalue weighted by Crippen LogP contribution is 2.18. The summed E-state index contributed by atoms with van der Waals surface area (Å²) in [5.74, 6) is -0.465. The summed E-state index contributed by atoms with van der Waals surface area (Å²) in [6, 6.07) is 7.57. The number of carbonyl (C=O) groups excluding carboxylic acids is 1. The molecule has 0 aliphatic heterocycles. The minimum Gasteiger partial charge on any atom is -0.456 e. The Hall–Kier alpha value is -1.82. The topological polar surface area (TPSA) is 70.1 Å². The highest BCUT2D eigenvalue weighted by molar-refractivity contribution is 9.10. The zero-order valence-electron chi connectivity index (χ0n) is 10.5. The highest BCUT2D eigenvalue weighted by Gasteiger charge is 2.17. The van der Waals surface area contributed by atoms with Gasteiger partial charge in [0.2, 0.25) is 0 Å². The second kappa shape index (κ2) is 5.88. The summed E-state index contributed by atoms with van der Waals surface area (Å²) in [5.41, 5.74) is 7.26. The third-order valence-corrected chi connectivity index (χ3v) is 3.45. The number of hydrogen-bond donors (Lipinski definition) is 1. The molecule has 5 nitrogen and oxygen atoms in total. The Balaban J connectivity index is 2.10. The molecule has 0 aliphatic rings. The summed E-state index contributed by atoms with van der Waals surface area (Å²) < 4.78 is 7.69. The molecule has 1 heterocycles. The van der Waals surface area contributed by atoms with E-state index in [0.717, 1.165) is 10.0 Å². The third kappa shape index (κ3) is 2.96. The fourth-order valence-electron chi connectivity index (χ4n) is 1.69. The summed E-state index contributed by atoms with van der Waals surface area (Å²) in [7, 11) is 0. The number of nitrogens with two attached hydrogens (primary N) is 1. The van der Waals surface area contributed by atoms with Crippen LogP contribution < -0.4 is 5.73 Å². The van der Waals surface area contributed by atoms with Gasteiger partial charge in [-0.3, -0.25) is 4.68 Å². The van der Waals surface area contributed by atoms with Gasteiger partial charge in [0.1, 0.15) is 6.61 Å². The Morgan fingerprint density at radius 3 is 2.89 bits per heavy atom. The molecular formula is C13H14BrN3O2. The van der Waals surface area contributed by atoms with E-state index >= 15 is 0 Å². The summed E-state index contributed by atoms with van der Waals surface area (Å²) in [6.45, 7) is 2.64. The van der Waals surface area contributed by atoms with Gasteiger partial charge in [-0.05, 0) is 13.0 Å². The molecule has 6 heteroatoms. The number of rotatable bonds is 4. The van der Waals surface area contributed by atoms with Crippen LogP contribution in [0.3, 0.4) is 0 Å². The molecule has 0 aliphatic carbocycles. The van der Waals surface area contributed by atoms with Crippen molar-refractivity contribution in [2.45, 2.75) is 20.1 Å². The van der Waals surface area contributed by atoms with E-state index in [0.29, 0.717) is 17.9 Å². The molecule has 0 saturated heterocycles. The average Bonchev–Trinajstić information content (AvgIpc) is 2.78. The van der Waals surface area contributed by atoms with Crippen molar-refractivity contribution in [1.29, 1.82) is 0 Å². The number of anilines is 1. The molecule has 2 rings (SSSR count). The number of carbonyl (C=O) groups is 1. The molecular weight excluding hydrogens is 310 g/mol. The van der Waals surface area contributed by atoms with Gasteiger partial charge in [0.05, 0.1) is 11.9 Å². The molecule has 2 aromatic rings. The van der Waals surface area contributed by atoms with Crippen LogP contribution in [0.1, 0.15) is 23.0 Å². The summed E-state index contributed by atoms with van der Waals surface area (Å²) in [6.07, 6.45) is 1.46. The van der Waals surface area contributed by atoms with Crippen LogP contribution in [0.5, 0.6) is 0 Å². The zero-order chi connectivity index (χ0) is 13.8. The van der Waals surface area contributed by atoms with Gasteiger partial charge in [0.25, 0.3) is 0 Å². The van der Waals surface area contributed by atoms with Gasteiger partial charge in [-0.1, -0.05) is 34.1 Å². The number of aryl methyl sites for hydroxylation is 1. The molecule has 0 unspecified atom stereocenters. The van der Waals surface area contributed by atoms with Crippen LogP contribution in [0.25, 0.3) is 0 Å². The number of halogens is 1. The molecule has 0 amide bonds. The van der Waals surface area contributed by atoms with E-state index in [2.05, 4.69) is 21.0 Å². The number of esters is 1. The number of ether oxygens (including phenoxy) is 1. The fraction of sp³-hybridized carbons (Fsp3) is 0.231. The maximum absolute atomic E-state index is 12.0. The summed E-state index contributed by atoms with van der Waals surface area (Å²) in [4.78, 5) is 12.0. The van der Waals surface area contributed by atoms with Crippen LogP contribution in [-0.2, 0) is 17.9 Å². The smallest absolute Gasteiger partial charge is 0.359 e. The van der Waals surface area contributed by atoms with Gasteiger partial charge < -0.3 is 10.5 Å². The normalized spacial score (nSPS) is 10.4. The molecule has 0 saturated carbocycles. The van der Waals surface area contributed by atoms with Crippen LogP contribution in [0.4, 0.5) is 5.69 Å². The van der Waals surface area contributed by atoms with Crippen LogP contribution in [0.2, 0.25) is 0 Å². The number of hydrogen-bond acceptors (Lipinski definition) is 4. The van der Waals surface area contributed by atoms with E-state index in [1.165, 1.54) is 10.9 Å². The van der Waals surface area contributed by atoms with Gasteiger partial charge in [-0.15, -0.1) is 0 Å². The van der Waals surface area contributed by atoms with Gasteiger partial charge in [-0.2, -0.15) is 5.10 Å². The van der Waals surface area contributed by atoms with Gasteiger partial charge in [0, 0.05) is 16.6 Å². The predicted octanol–water partition coefficient (Wildman–Crippen LogP) is 2.60. The maximum atomic E-state index is 12.0. The first-order valence-electron chi connectivity index (χ1n) is 5.85. The average molecular weight is 324 g/mol. The molecule has 100 valence electrons. The Morgan fingerprint density at radius 1 is 1.47 bits per heavy atom. The first kappa shape index (κ1) is 13.6. The zero-order valence-corrected chi connectivity index (χ0v) is 12.1. The molecule has 0 spiro atoms. The molecule has 0 bridgehead atoms. The van der Waals surface area contributed by atoms with E-state index in [-0.39, 0.29) is 6.61 Å². The number of nitrogens with zero attached hydrogens (tertiary/aromatic N) is 2. The largest absolute Gasteiger partial charge is 0.456 e. The van der Waals surface area contributed by atoms with Crippen molar-refractivity contribution >= 4 is 27.6 Å². The molecule has 0 fully saturated rings. The maximum Gasteiger partial charge on any atom is 0.359 e. The first-order valence-corrected chi connectivity index (χ1v) is 6.64. The Morgan fingerprint density at radius 2 is 2.21 bits per heavy atom. The molecule has 1 aromatic heterocycles. The molecule has 0 atom stereocenters. The Kier molecular flexibility index (Phi) is 4.21. The molecule has 19 heavy (non-hydrogen) atoms. The quantitative estimate of drug-likeness (QED) is 0.878. The number of nitrogen functional groups attached to an aromatic ring is 1. The lowest BCUT2D eigenvalue weighted by atomic mass is 10.2. The van der Waals surface area contributed by atoms with Crippen LogP contribution in [0.15, 0.2) is 34.9 Å². The predicted molar refractivity (Wildman–Crippen MR) is 75.6 cm³/mol. The van der Waals surface area contributed by atoms with Crippen molar-refractivity contribution in [1.82, 2.24) is 9.78 Å². The summed E-state index contributed by atoms with van der Waals surface area (Å²) in [5, 5.41) is 4.01. The lowest BCUT2D eigenvalue weighted by molar-refractivity contribution is 0.0459. The molecule has 2 N–H and O–H groups in total. The fourth-order valence-corrected chi connectivity index (χ4v) is 2.09. The van der Waals surface area contributed by atoms with E-state index in [9.17, 15) is 4.79 Å². The standard InChI is InChI=1S/C13H14BrN3O2/c1-2-17-12(11(15)7-16-17)13(18)19-8-9-5-3-4-6-10(9)14/h3-7H,2,8,15H2,1H3. The van der Waals surface area contributed by atoms with Gasteiger partial charge in [-0.25, -0.2) is 4.79 Å². The van der Waals surface area contributed by atoms with Crippen molar-refractivity contribution in [3.63, 3.8) is 0 Å².